The first-order valence-electron chi connectivity index (χ1n) is 6.39. The van der Waals surface area contributed by atoms with E-state index in [1.807, 2.05) is 42.5 Å². The molecule has 21 heavy (non-hydrogen) atoms. The molecule has 0 atom stereocenters. The fourth-order valence-corrected chi connectivity index (χ4v) is 2.30. The van der Waals surface area contributed by atoms with Gasteiger partial charge in [0.1, 0.15) is 4.99 Å². The zero-order valence-electron chi connectivity index (χ0n) is 11.9. The summed E-state index contributed by atoms with van der Waals surface area (Å²) >= 11 is 11.5. The van der Waals surface area contributed by atoms with Gasteiger partial charge in [-0.15, -0.1) is 0 Å². The Hall–Kier alpha value is -1.78. The van der Waals surface area contributed by atoms with Crippen molar-refractivity contribution in [3.63, 3.8) is 0 Å². The van der Waals surface area contributed by atoms with Crippen LogP contribution in [0.3, 0.4) is 0 Å². The van der Waals surface area contributed by atoms with E-state index < -0.39 is 0 Å². The largest absolute Gasteiger partial charge is 0.493 e. The predicted molar refractivity (Wildman–Crippen MR) is 89.5 cm³/mol. The summed E-state index contributed by atoms with van der Waals surface area (Å²) in [6.07, 6.45) is 0. The fourth-order valence-electron chi connectivity index (χ4n) is 1.90. The van der Waals surface area contributed by atoms with Gasteiger partial charge in [0.15, 0.2) is 11.5 Å². The number of halogens is 1. The zero-order valence-corrected chi connectivity index (χ0v) is 13.4. The molecule has 0 aliphatic heterocycles. The Morgan fingerprint density at radius 2 is 1.81 bits per heavy atom. The van der Waals surface area contributed by atoms with Crippen LogP contribution in [0.15, 0.2) is 42.5 Å². The maximum absolute atomic E-state index is 6.12. The van der Waals surface area contributed by atoms with E-state index >= 15 is 0 Å². The average Bonchev–Trinajstić information content (AvgIpc) is 2.53. The Balaban J connectivity index is 2.09. The molecule has 3 nitrogen and oxygen atoms in total. The predicted octanol–water partition coefficient (Wildman–Crippen LogP) is 3.82. The van der Waals surface area contributed by atoms with Crippen LogP contribution >= 0.6 is 23.8 Å². The van der Waals surface area contributed by atoms with Crippen molar-refractivity contribution >= 4 is 28.8 Å². The fraction of sp³-hybridized carbons (Fsp3) is 0.188. The van der Waals surface area contributed by atoms with Gasteiger partial charge >= 0.3 is 0 Å². The zero-order chi connectivity index (χ0) is 15.2. The lowest BCUT2D eigenvalue weighted by Crippen LogP contribution is -2.21. The molecule has 110 valence electrons. The van der Waals surface area contributed by atoms with Crippen molar-refractivity contribution in [2.75, 3.05) is 14.2 Å². The summed E-state index contributed by atoms with van der Waals surface area (Å²) in [5.41, 5.74) is 1.87. The van der Waals surface area contributed by atoms with E-state index in [0.717, 1.165) is 16.1 Å². The van der Waals surface area contributed by atoms with Crippen molar-refractivity contribution < 1.29 is 9.47 Å². The Morgan fingerprint density at radius 3 is 2.48 bits per heavy atom. The van der Waals surface area contributed by atoms with Crippen LogP contribution in [0.25, 0.3) is 0 Å². The normalized spacial score (nSPS) is 10.0. The lowest BCUT2D eigenvalue weighted by atomic mass is 10.2. The van der Waals surface area contributed by atoms with Gasteiger partial charge in [-0.25, -0.2) is 0 Å². The highest BCUT2D eigenvalue weighted by atomic mass is 35.5. The van der Waals surface area contributed by atoms with Crippen molar-refractivity contribution in [1.82, 2.24) is 5.32 Å². The minimum absolute atomic E-state index is 0.576. The third-order valence-electron chi connectivity index (χ3n) is 3.04. The van der Waals surface area contributed by atoms with Crippen LogP contribution in [-0.4, -0.2) is 19.2 Å². The first-order chi connectivity index (χ1) is 10.2. The molecule has 2 rings (SSSR count). The van der Waals surface area contributed by atoms with Crippen molar-refractivity contribution in [2.45, 2.75) is 6.54 Å². The van der Waals surface area contributed by atoms with Gasteiger partial charge in [-0.3, -0.25) is 0 Å². The molecule has 0 radical (unpaired) electrons. The molecule has 0 bridgehead atoms. The molecule has 1 N–H and O–H groups in total. The molecule has 5 heteroatoms. The quantitative estimate of drug-likeness (QED) is 0.848. The Labute approximate surface area is 134 Å². The third kappa shape index (κ3) is 3.86. The van der Waals surface area contributed by atoms with Gasteiger partial charge < -0.3 is 14.8 Å². The molecule has 0 aromatic heterocycles. The molecule has 0 unspecified atom stereocenters. The molecule has 2 aromatic rings. The summed E-state index contributed by atoms with van der Waals surface area (Å²) in [4.78, 5) is 0.635. The summed E-state index contributed by atoms with van der Waals surface area (Å²) < 4.78 is 10.5. The number of nitrogens with one attached hydrogen (secondary N) is 1. The lowest BCUT2D eigenvalue weighted by Gasteiger charge is -2.12. The smallest absolute Gasteiger partial charge is 0.161 e. The lowest BCUT2D eigenvalue weighted by molar-refractivity contribution is 0.355. The number of thiocarbonyl (C=S) groups is 1. The molecule has 0 saturated heterocycles. The van der Waals surface area contributed by atoms with Gasteiger partial charge in [0.05, 0.1) is 14.2 Å². The summed E-state index contributed by atoms with van der Waals surface area (Å²) in [6, 6.07) is 13.2. The van der Waals surface area contributed by atoms with E-state index in [-0.39, 0.29) is 0 Å². The number of hydrogen-bond acceptors (Lipinski definition) is 3. The van der Waals surface area contributed by atoms with E-state index in [4.69, 9.17) is 33.3 Å². The van der Waals surface area contributed by atoms with Crippen LogP contribution in [0, 0.1) is 0 Å². The highest BCUT2D eigenvalue weighted by molar-refractivity contribution is 7.80. The van der Waals surface area contributed by atoms with Gasteiger partial charge in [0, 0.05) is 17.1 Å². The van der Waals surface area contributed by atoms with E-state index in [0.29, 0.717) is 23.0 Å². The van der Waals surface area contributed by atoms with Crippen molar-refractivity contribution in [3.8, 4) is 11.5 Å². The second-order valence-electron chi connectivity index (χ2n) is 4.34. The number of benzene rings is 2. The summed E-state index contributed by atoms with van der Waals surface area (Å²) in [6.45, 7) is 0.576. The maximum atomic E-state index is 6.12. The van der Waals surface area contributed by atoms with Crippen LogP contribution < -0.4 is 14.8 Å². The topological polar surface area (TPSA) is 30.5 Å². The number of methoxy groups -OCH3 is 2. The van der Waals surface area contributed by atoms with Crippen LogP contribution in [0.2, 0.25) is 5.02 Å². The molecular formula is C16H16ClNO2S. The maximum Gasteiger partial charge on any atom is 0.161 e. The van der Waals surface area contributed by atoms with Gasteiger partial charge in [-0.05, 0) is 29.8 Å². The van der Waals surface area contributed by atoms with Gasteiger partial charge in [-0.1, -0.05) is 42.0 Å². The molecule has 0 spiro atoms. The SMILES string of the molecule is COc1ccc(C(=S)NCc2ccccc2Cl)cc1OC. The molecule has 0 amide bonds. The molecular weight excluding hydrogens is 306 g/mol. The third-order valence-corrected chi connectivity index (χ3v) is 3.79. The molecule has 2 aromatic carbocycles. The number of ether oxygens (including phenoxy) is 2. The van der Waals surface area contributed by atoms with Crippen LogP contribution in [0.1, 0.15) is 11.1 Å². The Bertz CT molecular complexity index is 646. The Morgan fingerprint density at radius 1 is 1.10 bits per heavy atom. The van der Waals surface area contributed by atoms with Crippen LogP contribution in [0.4, 0.5) is 0 Å². The summed E-state index contributed by atoms with van der Waals surface area (Å²) in [5.74, 6) is 1.33. The number of hydrogen-bond donors (Lipinski definition) is 1. The first-order valence-corrected chi connectivity index (χ1v) is 7.18. The van der Waals surface area contributed by atoms with Crippen LogP contribution in [-0.2, 0) is 6.54 Å². The van der Waals surface area contributed by atoms with E-state index in [1.165, 1.54) is 0 Å². The highest BCUT2D eigenvalue weighted by Crippen LogP contribution is 2.27. The minimum Gasteiger partial charge on any atom is -0.493 e. The van der Waals surface area contributed by atoms with Crippen molar-refractivity contribution in [2.24, 2.45) is 0 Å². The van der Waals surface area contributed by atoms with Gasteiger partial charge in [0.25, 0.3) is 0 Å². The van der Waals surface area contributed by atoms with Crippen molar-refractivity contribution in [1.29, 1.82) is 0 Å². The molecule has 0 aliphatic rings. The van der Waals surface area contributed by atoms with Crippen LogP contribution in [0.5, 0.6) is 11.5 Å². The monoisotopic (exact) mass is 321 g/mol. The van der Waals surface area contributed by atoms with E-state index in [9.17, 15) is 0 Å². The Kier molecular flexibility index (Phi) is 5.42. The van der Waals surface area contributed by atoms with Gasteiger partial charge in [-0.2, -0.15) is 0 Å². The molecule has 0 fully saturated rings. The average molecular weight is 322 g/mol. The number of rotatable bonds is 5. The second-order valence-corrected chi connectivity index (χ2v) is 5.16. The molecule has 0 heterocycles. The highest BCUT2D eigenvalue weighted by Gasteiger charge is 2.08. The second kappa shape index (κ2) is 7.29. The molecule has 0 saturated carbocycles. The molecule has 0 aliphatic carbocycles. The first kappa shape index (κ1) is 15.6. The van der Waals surface area contributed by atoms with Crippen molar-refractivity contribution in [3.05, 3.63) is 58.6 Å². The summed E-state index contributed by atoms with van der Waals surface area (Å²) in [7, 11) is 3.20. The minimum atomic E-state index is 0.576. The summed E-state index contributed by atoms with van der Waals surface area (Å²) in [5, 5.41) is 3.92. The van der Waals surface area contributed by atoms with E-state index in [1.54, 1.807) is 14.2 Å². The van der Waals surface area contributed by atoms with Gasteiger partial charge in [0.2, 0.25) is 0 Å². The van der Waals surface area contributed by atoms with E-state index in [2.05, 4.69) is 5.32 Å². The standard InChI is InChI=1S/C16H16ClNO2S/c1-19-14-8-7-11(9-15(14)20-2)16(21)18-10-12-5-3-4-6-13(12)17/h3-9H,10H2,1-2H3,(H,18,21).